The minimum atomic E-state index is -0.680. The molecule has 5 heteroatoms. The van der Waals surface area contributed by atoms with Crippen LogP contribution in [-0.2, 0) is 0 Å². The molecule has 0 fully saturated rings. The Balaban J connectivity index is 2.12. The van der Waals surface area contributed by atoms with Crippen molar-refractivity contribution >= 4 is 21.7 Å². The van der Waals surface area contributed by atoms with Gasteiger partial charge in [-0.1, -0.05) is 0 Å². The highest BCUT2D eigenvalue weighted by atomic mass is 79.9. The largest absolute Gasteiger partial charge is 0.497 e. The standard InChI is InChI=1S/C16H14BrFO3/c1-10(16(19)11-3-5-12(18)6-4-11)21-15-8-7-13(20-2)9-14(15)17/h3-10H,1-2H3. The molecule has 0 saturated carbocycles. The third kappa shape index (κ3) is 3.82. The Bertz CT molecular complexity index is 640. The zero-order chi connectivity index (χ0) is 15.4. The van der Waals surface area contributed by atoms with E-state index in [-0.39, 0.29) is 11.6 Å². The molecule has 2 aromatic carbocycles. The molecule has 0 aliphatic heterocycles. The van der Waals surface area contributed by atoms with Crippen LogP contribution >= 0.6 is 15.9 Å². The number of hydrogen-bond acceptors (Lipinski definition) is 3. The molecule has 2 rings (SSSR count). The number of rotatable bonds is 5. The maximum atomic E-state index is 12.9. The van der Waals surface area contributed by atoms with Gasteiger partial charge in [-0.3, -0.25) is 4.79 Å². The summed E-state index contributed by atoms with van der Waals surface area (Å²) in [5.41, 5.74) is 0.411. The van der Waals surface area contributed by atoms with Gasteiger partial charge in [0, 0.05) is 5.56 Å². The van der Waals surface area contributed by atoms with Crippen molar-refractivity contribution in [3.8, 4) is 11.5 Å². The van der Waals surface area contributed by atoms with Crippen LogP contribution < -0.4 is 9.47 Å². The van der Waals surface area contributed by atoms with E-state index in [1.807, 2.05) is 0 Å². The van der Waals surface area contributed by atoms with Gasteiger partial charge < -0.3 is 9.47 Å². The van der Waals surface area contributed by atoms with E-state index < -0.39 is 6.10 Å². The number of benzene rings is 2. The Morgan fingerprint density at radius 1 is 1.19 bits per heavy atom. The molecule has 21 heavy (non-hydrogen) atoms. The Kier molecular flexibility index (Phi) is 4.96. The van der Waals surface area contributed by atoms with Gasteiger partial charge in [-0.2, -0.15) is 0 Å². The lowest BCUT2D eigenvalue weighted by atomic mass is 10.1. The van der Waals surface area contributed by atoms with E-state index in [9.17, 15) is 9.18 Å². The first-order chi connectivity index (χ1) is 10.0. The molecule has 2 aromatic rings. The zero-order valence-corrected chi connectivity index (χ0v) is 13.2. The van der Waals surface area contributed by atoms with Crippen LogP contribution in [0.25, 0.3) is 0 Å². The molecule has 0 amide bonds. The van der Waals surface area contributed by atoms with Crippen molar-refractivity contribution in [3.63, 3.8) is 0 Å². The fourth-order valence-electron chi connectivity index (χ4n) is 1.80. The second-order valence-electron chi connectivity index (χ2n) is 4.43. The monoisotopic (exact) mass is 352 g/mol. The van der Waals surface area contributed by atoms with Crippen molar-refractivity contribution in [2.24, 2.45) is 0 Å². The van der Waals surface area contributed by atoms with Gasteiger partial charge in [-0.05, 0) is 65.3 Å². The highest BCUT2D eigenvalue weighted by Crippen LogP contribution is 2.30. The average molecular weight is 353 g/mol. The molecule has 0 bridgehead atoms. The van der Waals surface area contributed by atoms with E-state index in [1.54, 1.807) is 32.2 Å². The summed E-state index contributed by atoms with van der Waals surface area (Å²) in [5.74, 6) is 0.640. The molecule has 0 aliphatic carbocycles. The van der Waals surface area contributed by atoms with Crippen molar-refractivity contribution in [2.75, 3.05) is 7.11 Å². The first kappa shape index (κ1) is 15.5. The topological polar surface area (TPSA) is 35.5 Å². The van der Waals surface area contributed by atoms with Gasteiger partial charge in [0.1, 0.15) is 17.3 Å². The molecule has 3 nitrogen and oxygen atoms in total. The third-order valence-corrected chi connectivity index (χ3v) is 3.56. The SMILES string of the molecule is COc1ccc(OC(C)C(=O)c2ccc(F)cc2)c(Br)c1. The number of methoxy groups -OCH3 is 1. The second kappa shape index (κ2) is 6.72. The maximum Gasteiger partial charge on any atom is 0.202 e. The number of Topliss-reactive ketones (excluding diaryl/α,β-unsaturated/α-hetero) is 1. The van der Waals surface area contributed by atoms with Crippen LogP contribution in [0.2, 0.25) is 0 Å². The highest BCUT2D eigenvalue weighted by Gasteiger charge is 2.18. The van der Waals surface area contributed by atoms with Crippen LogP contribution in [0, 0.1) is 5.82 Å². The number of hydrogen-bond donors (Lipinski definition) is 0. The molecule has 0 heterocycles. The highest BCUT2D eigenvalue weighted by molar-refractivity contribution is 9.10. The van der Waals surface area contributed by atoms with Gasteiger partial charge in [-0.25, -0.2) is 4.39 Å². The fourth-order valence-corrected chi connectivity index (χ4v) is 2.25. The first-order valence-electron chi connectivity index (χ1n) is 6.31. The molecular formula is C16H14BrFO3. The lowest BCUT2D eigenvalue weighted by Gasteiger charge is -2.15. The van der Waals surface area contributed by atoms with Gasteiger partial charge >= 0.3 is 0 Å². The van der Waals surface area contributed by atoms with Crippen molar-refractivity contribution < 1.29 is 18.7 Å². The number of carbonyl (C=O) groups is 1. The molecule has 0 radical (unpaired) electrons. The number of ketones is 1. The van der Waals surface area contributed by atoms with Gasteiger partial charge in [0.15, 0.2) is 6.10 Å². The molecule has 0 aliphatic rings. The predicted molar refractivity (Wildman–Crippen MR) is 81.5 cm³/mol. The summed E-state index contributed by atoms with van der Waals surface area (Å²) in [6.07, 6.45) is -0.680. The zero-order valence-electron chi connectivity index (χ0n) is 11.6. The van der Waals surface area contributed by atoms with Crippen molar-refractivity contribution in [2.45, 2.75) is 13.0 Å². The number of halogens is 2. The molecule has 1 atom stereocenters. The predicted octanol–water partition coefficient (Wildman–Crippen LogP) is 4.25. The summed E-state index contributed by atoms with van der Waals surface area (Å²) in [4.78, 5) is 12.2. The van der Waals surface area contributed by atoms with Crippen LogP contribution in [0.4, 0.5) is 4.39 Å². The fraction of sp³-hybridized carbons (Fsp3) is 0.188. The second-order valence-corrected chi connectivity index (χ2v) is 5.28. The van der Waals surface area contributed by atoms with Gasteiger partial charge in [0.2, 0.25) is 5.78 Å². The van der Waals surface area contributed by atoms with Crippen molar-refractivity contribution in [1.29, 1.82) is 0 Å². The molecule has 110 valence electrons. The molecular weight excluding hydrogens is 339 g/mol. The van der Waals surface area contributed by atoms with E-state index in [1.165, 1.54) is 24.3 Å². The summed E-state index contributed by atoms with van der Waals surface area (Å²) >= 11 is 3.37. The average Bonchev–Trinajstić information content (AvgIpc) is 2.49. The Morgan fingerprint density at radius 2 is 1.86 bits per heavy atom. The smallest absolute Gasteiger partial charge is 0.202 e. The quantitative estimate of drug-likeness (QED) is 0.754. The van der Waals surface area contributed by atoms with Crippen LogP contribution in [0.1, 0.15) is 17.3 Å². The van der Waals surface area contributed by atoms with E-state index >= 15 is 0 Å². The van der Waals surface area contributed by atoms with E-state index in [4.69, 9.17) is 9.47 Å². The molecule has 1 unspecified atom stereocenters. The van der Waals surface area contributed by atoms with Gasteiger partial charge in [0.05, 0.1) is 11.6 Å². The third-order valence-electron chi connectivity index (χ3n) is 2.94. The van der Waals surface area contributed by atoms with Crippen LogP contribution in [0.15, 0.2) is 46.9 Å². The summed E-state index contributed by atoms with van der Waals surface area (Å²) in [5, 5.41) is 0. The lowest BCUT2D eigenvalue weighted by Crippen LogP contribution is -2.24. The number of ether oxygens (including phenoxy) is 2. The summed E-state index contributed by atoms with van der Waals surface area (Å²) in [7, 11) is 1.57. The molecule has 0 aromatic heterocycles. The molecule has 0 N–H and O–H groups in total. The van der Waals surface area contributed by atoms with Crippen LogP contribution in [0.5, 0.6) is 11.5 Å². The summed E-state index contributed by atoms with van der Waals surface area (Å²) < 4.78 is 24.3. The normalized spacial score (nSPS) is 11.8. The molecule has 0 spiro atoms. The lowest BCUT2D eigenvalue weighted by molar-refractivity contribution is 0.0817. The Morgan fingerprint density at radius 3 is 2.43 bits per heavy atom. The van der Waals surface area contributed by atoms with E-state index in [0.717, 1.165) is 0 Å². The number of carbonyl (C=O) groups excluding carboxylic acids is 1. The minimum Gasteiger partial charge on any atom is -0.497 e. The minimum absolute atomic E-state index is 0.210. The first-order valence-corrected chi connectivity index (χ1v) is 7.10. The summed E-state index contributed by atoms with van der Waals surface area (Å²) in [6.45, 7) is 1.66. The van der Waals surface area contributed by atoms with Crippen molar-refractivity contribution in [3.05, 3.63) is 58.3 Å². The van der Waals surface area contributed by atoms with Gasteiger partial charge in [-0.15, -0.1) is 0 Å². The maximum absolute atomic E-state index is 12.9. The van der Waals surface area contributed by atoms with Crippen molar-refractivity contribution in [1.82, 2.24) is 0 Å². The Labute approximate surface area is 130 Å². The van der Waals surface area contributed by atoms with E-state index in [2.05, 4.69) is 15.9 Å². The molecule has 0 saturated heterocycles. The Hall–Kier alpha value is -1.88. The van der Waals surface area contributed by atoms with Gasteiger partial charge in [0.25, 0.3) is 0 Å². The summed E-state index contributed by atoms with van der Waals surface area (Å²) in [6, 6.07) is 10.6. The van der Waals surface area contributed by atoms with E-state index in [0.29, 0.717) is 21.5 Å². The van der Waals surface area contributed by atoms with Crippen LogP contribution in [-0.4, -0.2) is 19.0 Å². The van der Waals surface area contributed by atoms with Crippen LogP contribution in [0.3, 0.4) is 0 Å².